The number of hydrogen-bond acceptors (Lipinski definition) is 4. The highest BCUT2D eigenvalue weighted by Crippen LogP contribution is 2.35. The van der Waals surface area contributed by atoms with E-state index in [4.69, 9.17) is 11.6 Å². The molecule has 5 nitrogen and oxygen atoms in total. The summed E-state index contributed by atoms with van der Waals surface area (Å²) in [5.41, 5.74) is -2.13. The van der Waals surface area contributed by atoms with Gasteiger partial charge in [0.2, 0.25) is 0 Å². The largest absolute Gasteiger partial charge is 0.417 e. The van der Waals surface area contributed by atoms with Crippen molar-refractivity contribution in [3.8, 4) is 11.1 Å². The lowest BCUT2D eigenvalue weighted by Gasteiger charge is -2.19. The standard InChI is InChI=1S/C22H16ClF5N2O3S/c1-34(32,33)15-8-6-13(7-9-15)14-10-18(23)19(29-11-14)21(24,25)12-30-20(31)16-4-2-3-5-17(16)22(26,27)28/h2-11H,12H2,1H3,(H,30,31). The topological polar surface area (TPSA) is 76.1 Å². The van der Waals surface area contributed by atoms with Crippen molar-refractivity contribution in [2.75, 3.05) is 12.8 Å². The number of pyridine rings is 1. The quantitative estimate of drug-likeness (QED) is 0.447. The molecule has 0 aliphatic carbocycles. The van der Waals surface area contributed by atoms with Gasteiger partial charge in [0.25, 0.3) is 5.91 Å². The number of nitrogens with one attached hydrogen (secondary N) is 1. The zero-order chi connectivity index (χ0) is 25.3. The van der Waals surface area contributed by atoms with Crippen molar-refractivity contribution in [1.29, 1.82) is 0 Å². The van der Waals surface area contributed by atoms with Crippen LogP contribution in [0, 0.1) is 0 Å². The predicted octanol–water partition coefficient (Wildman–Crippen LogP) is 5.35. The SMILES string of the molecule is CS(=O)(=O)c1ccc(-c2cnc(C(F)(F)CNC(=O)c3ccccc3C(F)(F)F)c(Cl)c2)cc1. The first-order chi connectivity index (χ1) is 15.7. The minimum atomic E-state index is -4.84. The van der Waals surface area contributed by atoms with Crippen LogP contribution in [0.1, 0.15) is 21.6 Å². The van der Waals surface area contributed by atoms with E-state index in [2.05, 4.69) is 4.98 Å². The van der Waals surface area contributed by atoms with Crippen LogP contribution in [0.4, 0.5) is 22.0 Å². The van der Waals surface area contributed by atoms with Crippen LogP contribution in [0.3, 0.4) is 0 Å². The Balaban J connectivity index is 1.79. The maximum absolute atomic E-state index is 14.7. The molecule has 0 saturated carbocycles. The number of alkyl halides is 5. The molecule has 1 N–H and O–H groups in total. The van der Waals surface area contributed by atoms with E-state index in [1.807, 2.05) is 0 Å². The van der Waals surface area contributed by atoms with E-state index in [1.54, 1.807) is 5.32 Å². The van der Waals surface area contributed by atoms with Crippen LogP contribution < -0.4 is 5.32 Å². The molecule has 0 aliphatic rings. The minimum Gasteiger partial charge on any atom is -0.346 e. The van der Waals surface area contributed by atoms with Gasteiger partial charge in [0.1, 0.15) is 5.69 Å². The molecule has 0 spiro atoms. The van der Waals surface area contributed by atoms with Gasteiger partial charge < -0.3 is 5.32 Å². The van der Waals surface area contributed by atoms with Crippen molar-refractivity contribution in [3.05, 3.63) is 82.6 Å². The van der Waals surface area contributed by atoms with E-state index in [-0.39, 0.29) is 4.90 Å². The Bertz CT molecular complexity index is 1330. The third-order valence-corrected chi connectivity index (χ3v) is 6.17. The number of nitrogens with zero attached hydrogens (tertiary/aromatic N) is 1. The molecule has 2 aromatic carbocycles. The Kier molecular flexibility index (Phi) is 6.99. The lowest BCUT2D eigenvalue weighted by Crippen LogP contribution is -2.36. The summed E-state index contributed by atoms with van der Waals surface area (Å²) in [5.74, 6) is -5.12. The normalized spacial score (nSPS) is 12.4. The van der Waals surface area contributed by atoms with Gasteiger partial charge in [0, 0.05) is 18.0 Å². The summed E-state index contributed by atoms with van der Waals surface area (Å²) < 4.78 is 91.7. The molecule has 0 atom stereocenters. The number of hydrogen-bond donors (Lipinski definition) is 1. The summed E-state index contributed by atoms with van der Waals surface area (Å²) in [5, 5.41) is 1.35. The Hall–Kier alpha value is -3.05. The molecule has 180 valence electrons. The highest BCUT2D eigenvalue weighted by Gasteiger charge is 2.38. The second kappa shape index (κ2) is 9.30. The number of carbonyl (C=O) groups excluding carboxylic acids is 1. The van der Waals surface area contributed by atoms with Crippen LogP contribution in [0.25, 0.3) is 11.1 Å². The Labute approximate surface area is 196 Å². The van der Waals surface area contributed by atoms with E-state index in [0.29, 0.717) is 17.2 Å². The van der Waals surface area contributed by atoms with E-state index in [1.165, 1.54) is 36.4 Å². The number of rotatable bonds is 6. The first-order valence-corrected chi connectivity index (χ1v) is 11.8. The summed E-state index contributed by atoms with van der Waals surface area (Å²) in [6.07, 6.45) is -2.71. The second-order valence-electron chi connectivity index (χ2n) is 7.28. The second-order valence-corrected chi connectivity index (χ2v) is 9.70. The molecule has 0 radical (unpaired) electrons. The average Bonchev–Trinajstić information content (AvgIpc) is 2.76. The Morgan fingerprint density at radius 2 is 1.62 bits per heavy atom. The van der Waals surface area contributed by atoms with E-state index < -0.39 is 56.2 Å². The number of benzene rings is 2. The summed E-state index contributed by atoms with van der Waals surface area (Å²) in [7, 11) is -3.42. The fourth-order valence-electron chi connectivity index (χ4n) is 3.06. The minimum absolute atomic E-state index is 0.0706. The van der Waals surface area contributed by atoms with Gasteiger partial charge in [0.05, 0.1) is 27.6 Å². The van der Waals surface area contributed by atoms with Crippen LogP contribution in [0.15, 0.2) is 65.7 Å². The average molecular weight is 519 g/mol. The molecule has 0 saturated heterocycles. The summed E-state index contributed by atoms with van der Waals surface area (Å²) in [4.78, 5) is 15.9. The zero-order valence-corrected chi connectivity index (χ0v) is 18.9. The van der Waals surface area contributed by atoms with Crippen LogP contribution in [-0.4, -0.2) is 32.1 Å². The van der Waals surface area contributed by atoms with Gasteiger partial charge in [-0.05, 0) is 35.9 Å². The van der Waals surface area contributed by atoms with Gasteiger partial charge in [-0.2, -0.15) is 22.0 Å². The molecule has 0 unspecified atom stereocenters. The third-order valence-electron chi connectivity index (χ3n) is 4.75. The zero-order valence-electron chi connectivity index (χ0n) is 17.3. The Morgan fingerprint density at radius 3 is 2.18 bits per heavy atom. The number of amides is 1. The molecule has 12 heteroatoms. The molecule has 34 heavy (non-hydrogen) atoms. The maximum Gasteiger partial charge on any atom is 0.417 e. The molecule has 0 fully saturated rings. The van der Waals surface area contributed by atoms with Crippen molar-refractivity contribution < 1.29 is 35.2 Å². The number of carbonyl (C=O) groups is 1. The lowest BCUT2D eigenvalue weighted by atomic mass is 10.1. The smallest absolute Gasteiger partial charge is 0.346 e. The number of sulfone groups is 1. The fraction of sp³-hybridized carbons (Fsp3) is 0.182. The molecular weight excluding hydrogens is 503 g/mol. The molecule has 0 bridgehead atoms. The highest BCUT2D eigenvalue weighted by atomic mass is 35.5. The predicted molar refractivity (Wildman–Crippen MR) is 115 cm³/mol. The first-order valence-electron chi connectivity index (χ1n) is 9.49. The molecule has 3 rings (SSSR count). The molecular formula is C22H16ClF5N2O3S. The fourth-order valence-corrected chi connectivity index (χ4v) is 3.99. The van der Waals surface area contributed by atoms with Gasteiger partial charge in [-0.25, -0.2) is 8.42 Å². The summed E-state index contributed by atoms with van der Waals surface area (Å²) in [6, 6.07) is 10.6. The molecule has 0 aliphatic heterocycles. The van der Waals surface area contributed by atoms with Gasteiger partial charge >= 0.3 is 12.1 Å². The molecule has 1 amide bonds. The van der Waals surface area contributed by atoms with Gasteiger partial charge in [-0.3, -0.25) is 9.78 Å². The van der Waals surface area contributed by atoms with E-state index in [9.17, 15) is 35.2 Å². The number of aromatic nitrogens is 1. The Morgan fingerprint density at radius 1 is 1.00 bits per heavy atom. The molecule has 3 aromatic rings. The van der Waals surface area contributed by atoms with Crippen LogP contribution in [0.2, 0.25) is 5.02 Å². The summed E-state index contributed by atoms with van der Waals surface area (Å²) in [6.45, 7) is -1.34. The number of halogens is 6. The molecule has 1 aromatic heterocycles. The monoisotopic (exact) mass is 518 g/mol. The maximum atomic E-state index is 14.7. The van der Waals surface area contributed by atoms with Gasteiger partial charge in [-0.1, -0.05) is 35.9 Å². The summed E-state index contributed by atoms with van der Waals surface area (Å²) >= 11 is 5.99. The van der Waals surface area contributed by atoms with Crippen molar-refractivity contribution in [2.24, 2.45) is 0 Å². The van der Waals surface area contributed by atoms with E-state index in [0.717, 1.165) is 24.6 Å². The van der Waals surface area contributed by atoms with Gasteiger partial charge in [-0.15, -0.1) is 0 Å². The van der Waals surface area contributed by atoms with Crippen LogP contribution >= 0.6 is 11.6 Å². The highest BCUT2D eigenvalue weighted by molar-refractivity contribution is 7.90. The van der Waals surface area contributed by atoms with Crippen molar-refractivity contribution in [1.82, 2.24) is 10.3 Å². The van der Waals surface area contributed by atoms with E-state index >= 15 is 0 Å². The van der Waals surface area contributed by atoms with Crippen molar-refractivity contribution >= 4 is 27.3 Å². The lowest BCUT2D eigenvalue weighted by molar-refractivity contribution is -0.137. The van der Waals surface area contributed by atoms with Gasteiger partial charge in [0.15, 0.2) is 9.84 Å². The molecule has 1 heterocycles. The first kappa shape index (κ1) is 25.6. The van der Waals surface area contributed by atoms with Crippen molar-refractivity contribution in [3.63, 3.8) is 0 Å². The van der Waals surface area contributed by atoms with Crippen molar-refractivity contribution in [2.45, 2.75) is 17.0 Å². The van der Waals surface area contributed by atoms with Crippen LogP contribution in [0.5, 0.6) is 0 Å². The third kappa shape index (κ3) is 5.71. The van der Waals surface area contributed by atoms with Crippen LogP contribution in [-0.2, 0) is 21.9 Å².